The van der Waals surface area contributed by atoms with E-state index in [1.165, 1.54) is 0 Å². The number of aromatic nitrogens is 2. The highest BCUT2D eigenvalue weighted by Crippen LogP contribution is 2.22. The maximum atomic E-state index is 12.2. The van der Waals surface area contributed by atoms with E-state index >= 15 is 0 Å². The van der Waals surface area contributed by atoms with Crippen LogP contribution in [0.4, 0.5) is 5.69 Å². The van der Waals surface area contributed by atoms with E-state index in [2.05, 4.69) is 15.5 Å². The van der Waals surface area contributed by atoms with Crippen LogP contribution >= 0.6 is 0 Å². The van der Waals surface area contributed by atoms with Gasteiger partial charge in [0, 0.05) is 5.39 Å². The van der Waals surface area contributed by atoms with Gasteiger partial charge in [-0.05, 0) is 17.7 Å². The molecule has 5 nitrogen and oxygen atoms in total. The molecule has 3 rings (SSSR count). The lowest BCUT2D eigenvalue weighted by molar-refractivity contribution is -0.117. The Morgan fingerprint density at radius 2 is 1.95 bits per heavy atom. The number of anilines is 1. The summed E-state index contributed by atoms with van der Waals surface area (Å²) >= 11 is 0. The Morgan fingerprint density at radius 3 is 2.75 bits per heavy atom. The molecular formula is C15H14N4O. The number of rotatable bonds is 3. The summed E-state index contributed by atoms with van der Waals surface area (Å²) in [5.74, 6) is -0.245. The fraction of sp³-hybridized carbons (Fsp3) is 0.0667. The van der Waals surface area contributed by atoms with Crippen molar-refractivity contribution in [3.63, 3.8) is 0 Å². The predicted molar refractivity (Wildman–Crippen MR) is 78.1 cm³/mol. The lowest BCUT2D eigenvalue weighted by atomic mass is 10.1. The number of fused-ring (bicyclic) bond motifs is 1. The standard InChI is InChI=1S/C15H14N4O/c16-14(10-5-2-1-3-6-10)15(20)18-12-7-4-8-13-11(12)9-17-19-13/h1-9,14H,16H2,(H,17,19)(H,18,20). The van der Waals surface area contributed by atoms with Crippen molar-refractivity contribution in [3.8, 4) is 0 Å². The summed E-state index contributed by atoms with van der Waals surface area (Å²) in [7, 11) is 0. The van der Waals surface area contributed by atoms with Crippen molar-refractivity contribution >= 4 is 22.5 Å². The van der Waals surface area contributed by atoms with Crippen LogP contribution in [0.1, 0.15) is 11.6 Å². The van der Waals surface area contributed by atoms with E-state index in [0.717, 1.165) is 16.5 Å². The van der Waals surface area contributed by atoms with Crippen LogP contribution in [0, 0.1) is 0 Å². The highest BCUT2D eigenvalue weighted by atomic mass is 16.2. The zero-order chi connectivity index (χ0) is 13.9. The molecule has 0 spiro atoms. The molecule has 4 N–H and O–H groups in total. The van der Waals surface area contributed by atoms with Gasteiger partial charge in [-0.25, -0.2) is 0 Å². The van der Waals surface area contributed by atoms with E-state index in [4.69, 9.17) is 5.73 Å². The van der Waals surface area contributed by atoms with Gasteiger partial charge in [0.1, 0.15) is 6.04 Å². The highest BCUT2D eigenvalue weighted by Gasteiger charge is 2.16. The van der Waals surface area contributed by atoms with Crippen molar-refractivity contribution in [2.24, 2.45) is 5.73 Å². The SMILES string of the molecule is NC(C(=O)Nc1cccc2[nH]ncc12)c1ccccc1. The second kappa shape index (κ2) is 5.14. The molecule has 1 atom stereocenters. The van der Waals surface area contributed by atoms with Crippen LogP contribution in [-0.2, 0) is 4.79 Å². The molecular weight excluding hydrogens is 252 g/mol. The molecule has 1 heterocycles. The molecule has 5 heteroatoms. The molecule has 0 aliphatic heterocycles. The third-order valence-corrected chi connectivity index (χ3v) is 3.18. The number of nitrogens with one attached hydrogen (secondary N) is 2. The smallest absolute Gasteiger partial charge is 0.245 e. The average Bonchev–Trinajstić information content (AvgIpc) is 2.97. The van der Waals surface area contributed by atoms with Gasteiger partial charge < -0.3 is 11.1 Å². The van der Waals surface area contributed by atoms with E-state index in [-0.39, 0.29) is 5.91 Å². The van der Waals surface area contributed by atoms with Gasteiger partial charge in [-0.15, -0.1) is 0 Å². The van der Waals surface area contributed by atoms with Crippen LogP contribution in [0.2, 0.25) is 0 Å². The molecule has 0 aliphatic carbocycles. The first-order chi connectivity index (χ1) is 9.75. The van der Waals surface area contributed by atoms with Crippen molar-refractivity contribution in [1.29, 1.82) is 0 Å². The second-order valence-corrected chi connectivity index (χ2v) is 4.51. The van der Waals surface area contributed by atoms with E-state index in [1.807, 2.05) is 48.5 Å². The molecule has 0 fully saturated rings. The molecule has 1 amide bonds. The Labute approximate surface area is 115 Å². The molecule has 2 aromatic carbocycles. The number of hydrogen-bond donors (Lipinski definition) is 3. The molecule has 0 saturated heterocycles. The number of benzene rings is 2. The summed E-state index contributed by atoms with van der Waals surface area (Å²) in [6, 6.07) is 14.2. The van der Waals surface area contributed by atoms with Crippen molar-refractivity contribution in [2.45, 2.75) is 6.04 Å². The normalized spacial score (nSPS) is 12.2. The minimum Gasteiger partial charge on any atom is -0.324 e. The number of nitrogens with zero attached hydrogens (tertiary/aromatic N) is 1. The number of carbonyl (C=O) groups excluding carboxylic acids is 1. The molecule has 100 valence electrons. The molecule has 3 aromatic rings. The lowest BCUT2D eigenvalue weighted by Crippen LogP contribution is -2.27. The quantitative estimate of drug-likeness (QED) is 0.679. The number of nitrogens with two attached hydrogens (primary N) is 1. The fourth-order valence-corrected chi connectivity index (χ4v) is 2.10. The van der Waals surface area contributed by atoms with Crippen molar-refractivity contribution < 1.29 is 4.79 Å². The molecule has 20 heavy (non-hydrogen) atoms. The molecule has 0 saturated carbocycles. The molecule has 0 radical (unpaired) electrons. The highest BCUT2D eigenvalue weighted by molar-refractivity contribution is 6.02. The first kappa shape index (κ1) is 12.4. The Bertz CT molecular complexity index is 736. The van der Waals surface area contributed by atoms with Crippen molar-refractivity contribution in [3.05, 3.63) is 60.3 Å². The van der Waals surface area contributed by atoms with E-state index < -0.39 is 6.04 Å². The first-order valence-electron chi connectivity index (χ1n) is 6.29. The van der Waals surface area contributed by atoms with Gasteiger partial charge in [-0.3, -0.25) is 9.89 Å². The molecule has 0 aliphatic rings. The van der Waals surface area contributed by atoms with Crippen LogP contribution in [-0.4, -0.2) is 16.1 Å². The number of amides is 1. The van der Waals surface area contributed by atoms with Crippen LogP contribution in [0.25, 0.3) is 10.9 Å². The summed E-state index contributed by atoms with van der Waals surface area (Å²) in [6.07, 6.45) is 1.68. The summed E-state index contributed by atoms with van der Waals surface area (Å²) < 4.78 is 0. The monoisotopic (exact) mass is 266 g/mol. The third kappa shape index (κ3) is 2.26. The summed E-state index contributed by atoms with van der Waals surface area (Å²) in [5.41, 5.74) is 8.32. The van der Waals surface area contributed by atoms with Crippen LogP contribution < -0.4 is 11.1 Å². The van der Waals surface area contributed by atoms with E-state index in [9.17, 15) is 4.79 Å². The predicted octanol–water partition coefficient (Wildman–Crippen LogP) is 2.20. The van der Waals surface area contributed by atoms with Crippen LogP contribution in [0.5, 0.6) is 0 Å². The summed E-state index contributed by atoms with van der Waals surface area (Å²) in [6.45, 7) is 0. The molecule has 1 aromatic heterocycles. The Morgan fingerprint density at radius 1 is 1.15 bits per heavy atom. The topological polar surface area (TPSA) is 83.8 Å². The van der Waals surface area contributed by atoms with Gasteiger partial charge in [-0.2, -0.15) is 5.10 Å². The largest absolute Gasteiger partial charge is 0.324 e. The number of carbonyl (C=O) groups is 1. The zero-order valence-electron chi connectivity index (χ0n) is 10.7. The first-order valence-corrected chi connectivity index (χ1v) is 6.29. The maximum absolute atomic E-state index is 12.2. The average molecular weight is 266 g/mol. The minimum atomic E-state index is -0.696. The Hall–Kier alpha value is -2.66. The van der Waals surface area contributed by atoms with E-state index in [0.29, 0.717) is 5.69 Å². The van der Waals surface area contributed by atoms with Gasteiger partial charge in [0.05, 0.1) is 17.4 Å². The third-order valence-electron chi connectivity index (χ3n) is 3.18. The minimum absolute atomic E-state index is 0.245. The van der Waals surface area contributed by atoms with Gasteiger partial charge in [0.25, 0.3) is 0 Å². The fourth-order valence-electron chi connectivity index (χ4n) is 2.10. The van der Waals surface area contributed by atoms with Crippen LogP contribution in [0.3, 0.4) is 0 Å². The molecule has 1 unspecified atom stereocenters. The van der Waals surface area contributed by atoms with Gasteiger partial charge in [0.2, 0.25) is 5.91 Å². The zero-order valence-corrected chi connectivity index (χ0v) is 10.7. The summed E-state index contributed by atoms with van der Waals surface area (Å²) in [5, 5.41) is 10.5. The van der Waals surface area contributed by atoms with Crippen LogP contribution in [0.15, 0.2) is 54.7 Å². The van der Waals surface area contributed by atoms with E-state index in [1.54, 1.807) is 6.20 Å². The summed E-state index contributed by atoms with van der Waals surface area (Å²) in [4.78, 5) is 12.2. The number of aromatic amines is 1. The van der Waals surface area contributed by atoms with Gasteiger partial charge in [0.15, 0.2) is 0 Å². The Balaban J connectivity index is 1.84. The second-order valence-electron chi connectivity index (χ2n) is 4.51. The maximum Gasteiger partial charge on any atom is 0.245 e. The number of hydrogen-bond acceptors (Lipinski definition) is 3. The molecule has 0 bridgehead atoms. The van der Waals surface area contributed by atoms with Gasteiger partial charge in [-0.1, -0.05) is 36.4 Å². The number of H-pyrrole nitrogens is 1. The van der Waals surface area contributed by atoms with Gasteiger partial charge >= 0.3 is 0 Å². The van der Waals surface area contributed by atoms with Crippen molar-refractivity contribution in [1.82, 2.24) is 10.2 Å². The Kier molecular flexibility index (Phi) is 3.18. The van der Waals surface area contributed by atoms with Crippen molar-refractivity contribution in [2.75, 3.05) is 5.32 Å². The lowest BCUT2D eigenvalue weighted by Gasteiger charge is -2.13.